The minimum atomic E-state index is 0.283. The predicted octanol–water partition coefficient (Wildman–Crippen LogP) is 2.76. The fraction of sp³-hybridized carbons (Fsp3) is 0.438. The first-order valence-corrected chi connectivity index (χ1v) is 7.05. The molecule has 110 valence electrons. The summed E-state index contributed by atoms with van der Waals surface area (Å²) in [6.45, 7) is 8.20. The maximum absolute atomic E-state index is 9.26. The average molecular weight is 275 g/mol. The smallest absolute Gasteiger partial charge is 0.193 e. The number of nitrogens with zero attached hydrogens (tertiary/aromatic N) is 2. The molecular weight excluding hydrogens is 250 g/mol. The third kappa shape index (κ3) is 5.78. The summed E-state index contributed by atoms with van der Waals surface area (Å²) in [5, 5.41) is 12.6. The Kier molecular flexibility index (Phi) is 7.25. The molecule has 0 heterocycles. The number of phenolic OH excluding ortho intramolecular Hbond substituents is 1. The third-order valence-electron chi connectivity index (χ3n) is 2.95. The highest BCUT2D eigenvalue weighted by Crippen LogP contribution is 2.10. The summed E-state index contributed by atoms with van der Waals surface area (Å²) in [5.41, 5.74) is 1.08. The lowest BCUT2D eigenvalue weighted by atomic mass is 10.2. The summed E-state index contributed by atoms with van der Waals surface area (Å²) < 4.78 is 0. The van der Waals surface area contributed by atoms with Crippen LogP contribution in [0.1, 0.15) is 25.3 Å². The summed E-state index contributed by atoms with van der Waals surface area (Å²) in [6.07, 6.45) is 4.03. The fourth-order valence-electron chi connectivity index (χ4n) is 1.82. The molecule has 0 aliphatic rings. The lowest BCUT2D eigenvalue weighted by Crippen LogP contribution is -2.39. The van der Waals surface area contributed by atoms with E-state index in [4.69, 9.17) is 0 Å². The molecule has 0 amide bonds. The number of hydrogen-bond donors (Lipinski definition) is 2. The van der Waals surface area contributed by atoms with Gasteiger partial charge in [-0.3, -0.25) is 0 Å². The molecule has 0 spiro atoms. The van der Waals surface area contributed by atoms with Gasteiger partial charge in [0, 0.05) is 20.1 Å². The Morgan fingerprint density at radius 1 is 1.40 bits per heavy atom. The molecule has 0 aliphatic carbocycles. The number of benzene rings is 1. The second-order valence-corrected chi connectivity index (χ2v) is 4.69. The van der Waals surface area contributed by atoms with E-state index in [1.807, 2.05) is 25.3 Å². The SMILES string of the molecule is C=CCCCN(C)C(=NCc1ccc(O)cc1)NCC. The van der Waals surface area contributed by atoms with Crippen LogP contribution in [0.25, 0.3) is 0 Å². The van der Waals surface area contributed by atoms with Gasteiger partial charge in [-0.1, -0.05) is 18.2 Å². The fourth-order valence-corrected chi connectivity index (χ4v) is 1.82. The Morgan fingerprint density at radius 3 is 2.70 bits per heavy atom. The quantitative estimate of drug-likeness (QED) is 0.348. The van der Waals surface area contributed by atoms with E-state index in [-0.39, 0.29) is 5.75 Å². The van der Waals surface area contributed by atoms with E-state index in [0.717, 1.165) is 37.5 Å². The molecule has 0 radical (unpaired) electrons. The van der Waals surface area contributed by atoms with Gasteiger partial charge in [-0.25, -0.2) is 4.99 Å². The van der Waals surface area contributed by atoms with Crippen molar-refractivity contribution in [1.82, 2.24) is 10.2 Å². The Bertz CT molecular complexity index is 426. The molecular formula is C16H25N3O. The number of rotatable bonds is 7. The molecule has 4 heteroatoms. The number of nitrogens with one attached hydrogen (secondary N) is 1. The van der Waals surface area contributed by atoms with Crippen molar-refractivity contribution in [3.05, 3.63) is 42.5 Å². The summed E-state index contributed by atoms with van der Waals surface area (Å²) in [7, 11) is 2.04. The first-order chi connectivity index (χ1) is 9.67. The molecule has 0 atom stereocenters. The predicted molar refractivity (Wildman–Crippen MR) is 85.0 cm³/mol. The number of guanidine groups is 1. The molecule has 1 aromatic rings. The highest BCUT2D eigenvalue weighted by atomic mass is 16.3. The Hall–Kier alpha value is -1.97. The molecule has 0 bridgehead atoms. The van der Waals surface area contributed by atoms with E-state index in [2.05, 4.69) is 28.7 Å². The van der Waals surface area contributed by atoms with Gasteiger partial charge in [0.2, 0.25) is 0 Å². The van der Waals surface area contributed by atoms with Gasteiger partial charge >= 0.3 is 0 Å². The summed E-state index contributed by atoms with van der Waals surface area (Å²) in [5.74, 6) is 1.19. The van der Waals surface area contributed by atoms with Crippen LogP contribution in [0.5, 0.6) is 5.75 Å². The molecule has 1 aromatic carbocycles. The maximum atomic E-state index is 9.26. The second-order valence-electron chi connectivity index (χ2n) is 4.69. The van der Waals surface area contributed by atoms with Crippen LogP contribution in [-0.2, 0) is 6.54 Å². The van der Waals surface area contributed by atoms with Crippen LogP contribution in [0.15, 0.2) is 41.9 Å². The number of aromatic hydroxyl groups is 1. The number of hydrogen-bond acceptors (Lipinski definition) is 2. The van der Waals surface area contributed by atoms with Crippen LogP contribution in [0.4, 0.5) is 0 Å². The minimum Gasteiger partial charge on any atom is -0.508 e. The van der Waals surface area contributed by atoms with Crippen molar-refractivity contribution in [3.63, 3.8) is 0 Å². The maximum Gasteiger partial charge on any atom is 0.193 e. The molecule has 1 rings (SSSR count). The molecule has 0 saturated carbocycles. The van der Waals surface area contributed by atoms with Crippen LogP contribution in [0.3, 0.4) is 0 Å². The molecule has 20 heavy (non-hydrogen) atoms. The van der Waals surface area contributed by atoms with Crippen LogP contribution >= 0.6 is 0 Å². The van der Waals surface area contributed by atoms with Crippen molar-refractivity contribution in [2.75, 3.05) is 20.1 Å². The summed E-state index contributed by atoms with van der Waals surface area (Å²) >= 11 is 0. The normalized spacial score (nSPS) is 11.2. The molecule has 0 aliphatic heterocycles. The molecule has 0 unspecified atom stereocenters. The van der Waals surface area contributed by atoms with Crippen molar-refractivity contribution in [2.45, 2.75) is 26.3 Å². The van der Waals surface area contributed by atoms with Gasteiger partial charge in [-0.05, 0) is 37.5 Å². The second kappa shape index (κ2) is 9.02. The van der Waals surface area contributed by atoms with Gasteiger partial charge in [0.05, 0.1) is 6.54 Å². The van der Waals surface area contributed by atoms with Crippen molar-refractivity contribution in [3.8, 4) is 5.75 Å². The zero-order valence-corrected chi connectivity index (χ0v) is 12.5. The van der Waals surface area contributed by atoms with Gasteiger partial charge in [0.15, 0.2) is 5.96 Å². The number of aliphatic imine (C=N–C) groups is 1. The van der Waals surface area contributed by atoms with E-state index in [9.17, 15) is 5.11 Å². The van der Waals surface area contributed by atoms with Crippen LogP contribution < -0.4 is 5.32 Å². The van der Waals surface area contributed by atoms with Crippen LogP contribution in [0, 0.1) is 0 Å². The standard InChI is InChI=1S/C16H25N3O/c1-4-6-7-12-19(3)16(17-5-2)18-13-14-8-10-15(20)11-9-14/h4,8-11,20H,1,5-7,12-13H2,2-3H3,(H,17,18). The van der Waals surface area contributed by atoms with E-state index < -0.39 is 0 Å². The molecule has 0 fully saturated rings. The van der Waals surface area contributed by atoms with Crippen LogP contribution in [0.2, 0.25) is 0 Å². The summed E-state index contributed by atoms with van der Waals surface area (Å²) in [4.78, 5) is 6.75. The number of allylic oxidation sites excluding steroid dienone is 1. The van der Waals surface area contributed by atoms with Gasteiger partial charge in [0.1, 0.15) is 5.75 Å². The third-order valence-corrected chi connectivity index (χ3v) is 2.95. The monoisotopic (exact) mass is 275 g/mol. The Labute approximate surface area is 121 Å². The highest BCUT2D eigenvalue weighted by Gasteiger charge is 2.04. The topological polar surface area (TPSA) is 47.9 Å². The van der Waals surface area contributed by atoms with Gasteiger partial charge in [0.25, 0.3) is 0 Å². The molecule has 4 nitrogen and oxygen atoms in total. The van der Waals surface area contributed by atoms with Crippen LogP contribution in [-0.4, -0.2) is 36.1 Å². The Balaban J connectivity index is 2.61. The molecule has 0 aromatic heterocycles. The van der Waals surface area contributed by atoms with Gasteiger partial charge < -0.3 is 15.3 Å². The minimum absolute atomic E-state index is 0.283. The largest absolute Gasteiger partial charge is 0.508 e. The molecule has 0 saturated heterocycles. The lowest BCUT2D eigenvalue weighted by molar-refractivity contribution is 0.469. The lowest BCUT2D eigenvalue weighted by Gasteiger charge is -2.21. The van der Waals surface area contributed by atoms with E-state index in [0.29, 0.717) is 6.54 Å². The Morgan fingerprint density at radius 2 is 2.10 bits per heavy atom. The van der Waals surface area contributed by atoms with Crippen molar-refractivity contribution in [2.24, 2.45) is 4.99 Å². The molecule has 2 N–H and O–H groups in total. The van der Waals surface area contributed by atoms with Crippen molar-refractivity contribution >= 4 is 5.96 Å². The van der Waals surface area contributed by atoms with E-state index in [1.165, 1.54) is 0 Å². The average Bonchev–Trinajstić information content (AvgIpc) is 2.45. The highest BCUT2D eigenvalue weighted by molar-refractivity contribution is 5.79. The zero-order valence-electron chi connectivity index (χ0n) is 12.5. The number of phenols is 1. The van der Waals surface area contributed by atoms with E-state index >= 15 is 0 Å². The first kappa shape index (κ1) is 16.1. The van der Waals surface area contributed by atoms with E-state index in [1.54, 1.807) is 12.1 Å². The van der Waals surface area contributed by atoms with Crippen molar-refractivity contribution in [1.29, 1.82) is 0 Å². The number of unbranched alkanes of at least 4 members (excludes halogenated alkanes) is 1. The van der Waals surface area contributed by atoms with Gasteiger partial charge in [-0.15, -0.1) is 6.58 Å². The zero-order chi connectivity index (χ0) is 14.8. The first-order valence-electron chi connectivity index (χ1n) is 7.05. The van der Waals surface area contributed by atoms with Crippen molar-refractivity contribution < 1.29 is 5.11 Å². The summed E-state index contributed by atoms with van der Waals surface area (Å²) in [6, 6.07) is 7.15. The van der Waals surface area contributed by atoms with Gasteiger partial charge in [-0.2, -0.15) is 0 Å².